The first kappa shape index (κ1) is 38.1. The Morgan fingerprint density at radius 1 is 0.712 bits per heavy atom. The van der Waals surface area contributed by atoms with Crippen molar-refractivity contribution < 1.29 is 52.0 Å². The van der Waals surface area contributed by atoms with Crippen LogP contribution in [0.15, 0.2) is 72.8 Å². The number of ether oxygens (including phenoxy) is 5. The molecule has 0 aromatic heterocycles. The van der Waals surface area contributed by atoms with Gasteiger partial charge in [-0.3, -0.25) is 24.0 Å². The molecule has 2 heterocycles. The average molecular weight is 718 g/mol. The van der Waals surface area contributed by atoms with Crippen LogP contribution in [0.4, 0.5) is 10.1 Å². The van der Waals surface area contributed by atoms with E-state index in [0.717, 1.165) is 40.8 Å². The Hall–Kier alpha value is -5.10. The molecule has 0 saturated carbocycles. The van der Waals surface area contributed by atoms with Crippen molar-refractivity contribution in [1.29, 1.82) is 0 Å². The van der Waals surface area contributed by atoms with Gasteiger partial charge in [-0.1, -0.05) is 54.1 Å². The maximum absolute atomic E-state index is 13.6. The standard InChI is InChI=1S/C40H44FNO10/c1-23-9-19-32(20-10-23)42-36(33(40(42)47)8-6-7-28-13-17-31(41)18-14-28)30-15-11-29(12-16-30)21-34-37(49-25(3)44)39(51-27(5)46)38(50-26(4)45)35(52-34)22-48-24(2)43/h9-20,33-39H,6-8,21-22H2,1-5H3. The fourth-order valence-electron chi connectivity index (χ4n) is 6.95. The average Bonchev–Trinajstić information content (AvgIpc) is 3.08. The van der Waals surface area contributed by atoms with Crippen LogP contribution in [-0.2, 0) is 60.5 Å². The summed E-state index contributed by atoms with van der Waals surface area (Å²) in [7, 11) is 0. The highest BCUT2D eigenvalue weighted by Gasteiger charge is 2.52. The lowest BCUT2D eigenvalue weighted by Gasteiger charge is -2.48. The number of nitrogens with zero attached hydrogens (tertiary/aromatic N) is 1. The Labute approximate surface area is 302 Å². The molecule has 52 heavy (non-hydrogen) atoms. The van der Waals surface area contributed by atoms with Crippen LogP contribution in [-0.4, -0.2) is 66.9 Å². The number of benzene rings is 3. The smallest absolute Gasteiger partial charge is 0.303 e. The van der Waals surface area contributed by atoms with Crippen LogP contribution in [0, 0.1) is 18.7 Å². The van der Waals surface area contributed by atoms with Crippen molar-refractivity contribution in [2.45, 2.75) is 96.9 Å². The lowest BCUT2D eigenvalue weighted by atomic mass is 9.78. The number of halogens is 1. The van der Waals surface area contributed by atoms with Crippen molar-refractivity contribution in [3.8, 4) is 0 Å². The minimum atomic E-state index is -1.25. The molecule has 3 aromatic carbocycles. The number of hydrogen-bond acceptors (Lipinski definition) is 10. The molecule has 0 N–H and O–H groups in total. The van der Waals surface area contributed by atoms with Crippen molar-refractivity contribution in [1.82, 2.24) is 0 Å². The predicted molar refractivity (Wildman–Crippen MR) is 186 cm³/mol. The van der Waals surface area contributed by atoms with Gasteiger partial charge in [-0.25, -0.2) is 4.39 Å². The molecule has 12 heteroatoms. The Kier molecular flexibility index (Phi) is 12.4. The summed E-state index contributed by atoms with van der Waals surface area (Å²) < 4.78 is 41.6. The normalized spacial score (nSPS) is 24.0. The second-order valence-electron chi connectivity index (χ2n) is 13.3. The summed E-state index contributed by atoms with van der Waals surface area (Å²) in [4.78, 5) is 63.7. The van der Waals surface area contributed by atoms with E-state index in [0.29, 0.717) is 6.42 Å². The molecule has 7 atom stereocenters. The maximum atomic E-state index is 13.6. The molecule has 2 saturated heterocycles. The summed E-state index contributed by atoms with van der Waals surface area (Å²) in [5.74, 6) is -3.16. The first-order valence-corrected chi connectivity index (χ1v) is 17.3. The monoisotopic (exact) mass is 717 g/mol. The molecular weight excluding hydrogens is 673 g/mol. The highest BCUT2D eigenvalue weighted by Crippen LogP contribution is 2.46. The van der Waals surface area contributed by atoms with Gasteiger partial charge in [-0.05, 0) is 67.1 Å². The molecule has 7 unspecified atom stereocenters. The lowest BCUT2D eigenvalue weighted by molar-refractivity contribution is -0.252. The molecule has 2 aliphatic rings. The van der Waals surface area contributed by atoms with Crippen LogP contribution >= 0.6 is 0 Å². The summed E-state index contributed by atoms with van der Waals surface area (Å²) in [6, 6.07) is 21.7. The first-order chi connectivity index (χ1) is 24.8. The molecule has 2 aliphatic heterocycles. The Morgan fingerprint density at radius 3 is 1.85 bits per heavy atom. The second-order valence-corrected chi connectivity index (χ2v) is 13.3. The van der Waals surface area contributed by atoms with Gasteiger partial charge in [0, 0.05) is 39.8 Å². The van der Waals surface area contributed by atoms with Gasteiger partial charge in [-0.2, -0.15) is 0 Å². The van der Waals surface area contributed by atoms with Crippen LogP contribution in [0.5, 0.6) is 0 Å². The summed E-state index contributed by atoms with van der Waals surface area (Å²) in [5.41, 5.74) is 4.60. The number of carbonyl (C=O) groups is 5. The van der Waals surface area contributed by atoms with Gasteiger partial charge in [0.2, 0.25) is 5.91 Å². The number of rotatable bonds is 13. The molecular formula is C40H44FNO10. The Balaban J connectivity index is 1.39. The topological polar surface area (TPSA) is 135 Å². The minimum absolute atomic E-state index is 0.0366. The SMILES string of the molecule is CC(=O)OCC1OC(Cc2ccc(C3C(CCCc4ccc(F)cc4)C(=O)N3c3ccc(C)cc3)cc2)C(OC(C)=O)C(OC(C)=O)C1OC(C)=O. The predicted octanol–water partition coefficient (Wildman–Crippen LogP) is 5.53. The van der Waals surface area contributed by atoms with Gasteiger partial charge in [0.15, 0.2) is 18.3 Å². The largest absolute Gasteiger partial charge is 0.463 e. The van der Waals surface area contributed by atoms with E-state index < -0.39 is 54.4 Å². The third-order valence-corrected chi connectivity index (χ3v) is 9.27. The number of anilines is 1. The molecule has 5 rings (SSSR count). The molecule has 276 valence electrons. The van der Waals surface area contributed by atoms with E-state index in [4.69, 9.17) is 23.7 Å². The number of β-lactam (4-membered cyclic amide) rings is 1. The lowest BCUT2D eigenvalue weighted by Crippen LogP contribution is -2.62. The number of hydrogen-bond donors (Lipinski definition) is 0. The number of esters is 4. The summed E-state index contributed by atoms with van der Waals surface area (Å²) in [5, 5.41) is 0. The highest BCUT2D eigenvalue weighted by atomic mass is 19.1. The van der Waals surface area contributed by atoms with E-state index in [1.807, 2.05) is 60.4 Å². The van der Waals surface area contributed by atoms with Gasteiger partial charge in [0.05, 0.1) is 12.0 Å². The molecule has 0 spiro atoms. The number of carbonyl (C=O) groups excluding carboxylic acids is 5. The van der Waals surface area contributed by atoms with E-state index in [1.165, 1.54) is 39.8 Å². The molecule has 0 radical (unpaired) electrons. The zero-order valence-corrected chi connectivity index (χ0v) is 29.9. The Morgan fingerprint density at radius 2 is 1.27 bits per heavy atom. The number of aryl methyl sites for hydroxylation is 2. The quantitative estimate of drug-likeness (QED) is 0.126. The maximum Gasteiger partial charge on any atom is 0.303 e. The van der Waals surface area contributed by atoms with Crippen LogP contribution in [0.3, 0.4) is 0 Å². The van der Waals surface area contributed by atoms with Crippen molar-refractivity contribution >= 4 is 35.5 Å². The summed E-state index contributed by atoms with van der Waals surface area (Å²) >= 11 is 0. The van der Waals surface area contributed by atoms with Crippen molar-refractivity contribution in [2.75, 3.05) is 11.5 Å². The second kappa shape index (κ2) is 16.9. The molecule has 2 fully saturated rings. The summed E-state index contributed by atoms with van der Waals surface area (Å²) in [6.07, 6.45) is -3.26. The van der Waals surface area contributed by atoms with Crippen LogP contribution < -0.4 is 4.90 Å². The molecule has 0 bridgehead atoms. The van der Waals surface area contributed by atoms with Crippen molar-refractivity contribution in [3.63, 3.8) is 0 Å². The third-order valence-electron chi connectivity index (χ3n) is 9.27. The Bertz CT molecular complexity index is 1740. The molecule has 0 aliphatic carbocycles. The zero-order valence-electron chi connectivity index (χ0n) is 29.9. The van der Waals surface area contributed by atoms with E-state index in [1.54, 1.807) is 12.1 Å². The van der Waals surface area contributed by atoms with Crippen LogP contribution in [0.25, 0.3) is 0 Å². The molecule has 3 aromatic rings. The minimum Gasteiger partial charge on any atom is -0.463 e. The fourth-order valence-corrected chi connectivity index (χ4v) is 6.95. The van der Waals surface area contributed by atoms with Gasteiger partial charge in [0.1, 0.15) is 24.6 Å². The van der Waals surface area contributed by atoms with Gasteiger partial charge >= 0.3 is 23.9 Å². The van der Waals surface area contributed by atoms with E-state index >= 15 is 0 Å². The number of amides is 1. The molecule has 11 nitrogen and oxygen atoms in total. The van der Waals surface area contributed by atoms with Gasteiger partial charge in [-0.15, -0.1) is 0 Å². The first-order valence-electron chi connectivity index (χ1n) is 17.3. The van der Waals surface area contributed by atoms with Crippen molar-refractivity contribution in [3.05, 3.63) is 101 Å². The van der Waals surface area contributed by atoms with Crippen LogP contribution in [0.1, 0.15) is 68.8 Å². The van der Waals surface area contributed by atoms with E-state index in [9.17, 15) is 28.4 Å². The van der Waals surface area contributed by atoms with E-state index in [-0.39, 0.29) is 36.7 Å². The zero-order chi connectivity index (χ0) is 37.5. The van der Waals surface area contributed by atoms with Crippen LogP contribution in [0.2, 0.25) is 0 Å². The van der Waals surface area contributed by atoms with Gasteiger partial charge < -0.3 is 28.6 Å². The van der Waals surface area contributed by atoms with Gasteiger partial charge in [0.25, 0.3) is 0 Å². The molecule has 1 amide bonds. The summed E-state index contributed by atoms with van der Waals surface area (Å²) in [6.45, 7) is 6.47. The third kappa shape index (κ3) is 9.41. The van der Waals surface area contributed by atoms with E-state index in [2.05, 4.69) is 0 Å². The fraction of sp³-hybridized carbons (Fsp3) is 0.425. The highest BCUT2D eigenvalue weighted by molar-refractivity contribution is 6.03. The van der Waals surface area contributed by atoms with Crippen molar-refractivity contribution in [2.24, 2.45) is 5.92 Å².